The van der Waals surface area contributed by atoms with Crippen molar-refractivity contribution in [2.45, 2.75) is 57.7 Å². The van der Waals surface area contributed by atoms with Crippen molar-refractivity contribution < 1.29 is 4.74 Å². The highest BCUT2D eigenvalue weighted by molar-refractivity contribution is 5.97. The van der Waals surface area contributed by atoms with Crippen LogP contribution in [0.3, 0.4) is 0 Å². The molecule has 0 radical (unpaired) electrons. The average molecular weight is 526 g/mol. The van der Waals surface area contributed by atoms with Crippen molar-refractivity contribution in [2.75, 3.05) is 56.7 Å². The van der Waals surface area contributed by atoms with Crippen molar-refractivity contribution in [2.24, 2.45) is 9.98 Å². The third kappa shape index (κ3) is 5.36. The van der Waals surface area contributed by atoms with E-state index in [0.717, 1.165) is 69.9 Å². The summed E-state index contributed by atoms with van der Waals surface area (Å²) in [4.78, 5) is 25.7. The molecule has 6 rings (SSSR count). The summed E-state index contributed by atoms with van der Waals surface area (Å²) >= 11 is 0. The maximum Gasteiger partial charge on any atom is 0.318 e. The van der Waals surface area contributed by atoms with E-state index in [-0.39, 0.29) is 6.04 Å². The van der Waals surface area contributed by atoms with Crippen LogP contribution >= 0.6 is 0 Å². The van der Waals surface area contributed by atoms with E-state index in [1.165, 1.54) is 34.0 Å². The topological polar surface area (TPSA) is 69.5 Å². The summed E-state index contributed by atoms with van der Waals surface area (Å²) in [5.41, 5.74) is 4.94. The van der Waals surface area contributed by atoms with Gasteiger partial charge in [-0.1, -0.05) is 30.3 Å². The molecule has 0 amide bonds. The van der Waals surface area contributed by atoms with Crippen molar-refractivity contribution >= 4 is 28.3 Å². The highest BCUT2D eigenvalue weighted by atomic mass is 16.5. The van der Waals surface area contributed by atoms with Crippen LogP contribution < -0.4 is 14.5 Å². The van der Waals surface area contributed by atoms with Gasteiger partial charge in [0.25, 0.3) is 0 Å². The van der Waals surface area contributed by atoms with Gasteiger partial charge in [0.15, 0.2) is 0 Å². The van der Waals surface area contributed by atoms with Gasteiger partial charge in [0.05, 0.1) is 24.3 Å². The standard InChI is InChI=1S/C31H39N7O/c1-22-7-4-8-23-9-5-11-28(29(22)23)38-18-14-26-27(19-38)34-31(39-20-25-10-6-15-36(25)3)35-30(26)37-16-12-24(13-17-37)33-21-32-2/h4-5,7-9,11,24-25H,6,10,12-20H2,1-3H3/t25-/m0/s1. The van der Waals surface area contributed by atoms with E-state index in [2.05, 4.69) is 81.1 Å². The Labute approximate surface area is 231 Å². The third-order valence-electron chi connectivity index (χ3n) is 8.64. The van der Waals surface area contributed by atoms with Crippen LogP contribution in [0.4, 0.5) is 11.5 Å². The van der Waals surface area contributed by atoms with E-state index in [0.29, 0.717) is 18.7 Å². The Bertz CT molecular complexity index is 1390. The highest BCUT2D eigenvalue weighted by Crippen LogP contribution is 2.36. The van der Waals surface area contributed by atoms with Crippen LogP contribution in [0.5, 0.6) is 6.01 Å². The Morgan fingerprint density at radius 1 is 1.00 bits per heavy atom. The summed E-state index contributed by atoms with van der Waals surface area (Å²) in [7, 11) is 3.90. The van der Waals surface area contributed by atoms with E-state index >= 15 is 0 Å². The molecule has 39 heavy (non-hydrogen) atoms. The molecule has 2 fully saturated rings. The number of aromatic nitrogens is 2. The Morgan fingerprint density at radius 2 is 1.82 bits per heavy atom. The molecule has 0 bridgehead atoms. The molecule has 3 aliphatic rings. The van der Waals surface area contributed by atoms with E-state index < -0.39 is 0 Å². The zero-order chi connectivity index (χ0) is 26.8. The number of likely N-dealkylation sites (N-methyl/N-ethyl adjacent to an activating group) is 1. The molecule has 3 aliphatic heterocycles. The lowest BCUT2D eigenvalue weighted by Crippen LogP contribution is -2.39. The molecule has 4 heterocycles. The first-order valence-corrected chi connectivity index (χ1v) is 14.4. The number of ether oxygens (including phenoxy) is 1. The number of aryl methyl sites for hydroxylation is 1. The van der Waals surface area contributed by atoms with Gasteiger partial charge in [0, 0.05) is 49.4 Å². The Morgan fingerprint density at radius 3 is 2.59 bits per heavy atom. The molecule has 0 saturated carbocycles. The van der Waals surface area contributed by atoms with Gasteiger partial charge in [-0.3, -0.25) is 0 Å². The maximum absolute atomic E-state index is 6.31. The largest absolute Gasteiger partial charge is 0.462 e. The van der Waals surface area contributed by atoms with Crippen LogP contribution in [0.1, 0.15) is 42.5 Å². The minimum Gasteiger partial charge on any atom is -0.462 e. The maximum atomic E-state index is 6.31. The van der Waals surface area contributed by atoms with E-state index in [1.54, 1.807) is 7.05 Å². The molecule has 1 aromatic heterocycles. The molecule has 0 spiro atoms. The number of nitrogens with zero attached hydrogens (tertiary/aromatic N) is 7. The van der Waals surface area contributed by atoms with Crippen molar-refractivity contribution in [1.29, 1.82) is 0 Å². The zero-order valence-corrected chi connectivity index (χ0v) is 23.4. The van der Waals surface area contributed by atoms with Crippen LogP contribution in [-0.4, -0.2) is 79.8 Å². The monoisotopic (exact) mass is 525 g/mol. The lowest BCUT2D eigenvalue weighted by atomic mass is 9.99. The quantitative estimate of drug-likeness (QED) is 0.433. The second-order valence-corrected chi connectivity index (χ2v) is 11.1. The summed E-state index contributed by atoms with van der Waals surface area (Å²) in [6, 6.07) is 17.2. The predicted molar refractivity (Wildman–Crippen MR) is 158 cm³/mol. The predicted octanol–water partition coefficient (Wildman–Crippen LogP) is 4.75. The molecule has 204 valence electrons. The molecule has 1 atom stereocenters. The van der Waals surface area contributed by atoms with Crippen molar-refractivity contribution in [1.82, 2.24) is 14.9 Å². The molecular formula is C31H39N7O. The van der Waals surface area contributed by atoms with Gasteiger partial charge >= 0.3 is 6.01 Å². The van der Waals surface area contributed by atoms with E-state index in [9.17, 15) is 0 Å². The number of anilines is 2. The smallest absolute Gasteiger partial charge is 0.318 e. The minimum atomic E-state index is 0.279. The number of benzene rings is 2. The first-order valence-electron chi connectivity index (χ1n) is 14.4. The lowest BCUT2D eigenvalue weighted by molar-refractivity contribution is 0.187. The molecule has 0 N–H and O–H groups in total. The summed E-state index contributed by atoms with van der Waals surface area (Å²) in [5, 5.41) is 2.61. The number of hydrogen-bond acceptors (Lipinski definition) is 8. The number of rotatable bonds is 6. The lowest BCUT2D eigenvalue weighted by Gasteiger charge is -2.36. The van der Waals surface area contributed by atoms with E-state index in [1.807, 2.05) is 0 Å². The first-order chi connectivity index (χ1) is 19.1. The van der Waals surface area contributed by atoms with Crippen LogP contribution in [0.2, 0.25) is 0 Å². The van der Waals surface area contributed by atoms with Gasteiger partial charge in [-0.05, 0) is 69.6 Å². The molecular weight excluding hydrogens is 486 g/mol. The van der Waals surface area contributed by atoms with E-state index in [4.69, 9.17) is 14.7 Å². The van der Waals surface area contributed by atoms with Crippen LogP contribution in [-0.2, 0) is 13.0 Å². The van der Waals surface area contributed by atoms with Crippen LogP contribution in [0.15, 0.2) is 46.4 Å². The van der Waals surface area contributed by atoms with Gasteiger partial charge in [0.1, 0.15) is 12.4 Å². The van der Waals surface area contributed by atoms with Crippen molar-refractivity contribution in [3.63, 3.8) is 0 Å². The van der Waals surface area contributed by atoms with Gasteiger partial charge in [-0.2, -0.15) is 9.97 Å². The fraction of sp³-hybridized carbons (Fsp3) is 0.516. The van der Waals surface area contributed by atoms with Crippen LogP contribution in [0, 0.1) is 6.92 Å². The highest BCUT2D eigenvalue weighted by Gasteiger charge is 2.29. The summed E-state index contributed by atoms with van der Waals surface area (Å²) in [5.74, 6) is 1.05. The second-order valence-electron chi connectivity index (χ2n) is 11.1. The summed E-state index contributed by atoms with van der Waals surface area (Å²) in [6.45, 7) is 7.50. The normalized spacial score (nSPS) is 20.1. The minimum absolute atomic E-state index is 0.279. The van der Waals surface area contributed by atoms with Gasteiger partial charge in [-0.25, -0.2) is 9.98 Å². The molecule has 0 aliphatic carbocycles. The van der Waals surface area contributed by atoms with Crippen LogP contribution in [0.25, 0.3) is 10.8 Å². The van der Waals surface area contributed by atoms with Gasteiger partial charge in [-0.15, -0.1) is 0 Å². The number of likely N-dealkylation sites (tertiary alicyclic amines) is 1. The first kappa shape index (κ1) is 25.8. The summed E-state index contributed by atoms with van der Waals surface area (Å²) in [6.07, 6.45) is 5.26. The molecule has 8 nitrogen and oxygen atoms in total. The number of piperidine rings is 1. The number of hydrogen-bond donors (Lipinski definition) is 0. The fourth-order valence-electron chi connectivity index (χ4n) is 6.40. The third-order valence-corrected chi connectivity index (χ3v) is 8.64. The fourth-order valence-corrected chi connectivity index (χ4v) is 6.40. The average Bonchev–Trinajstić information content (AvgIpc) is 3.38. The molecule has 0 unspecified atom stereocenters. The molecule has 2 saturated heterocycles. The van der Waals surface area contributed by atoms with Crippen molar-refractivity contribution in [3.8, 4) is 6.01 Å². The number of fused-ring (bicyclic) bond motifs is 2. The number of aliphatic imine (C=N–C) groups is 2. The molecule has 2 aromatic carbocycles. The Balaban J connectivity index is 1.31. The SMILES string of the molecule is CN=C=NC1CCN(c2nc(OC[C@@H]3CCCN3C)nc3c2CCN(c2cccc4cccc(C)c24)C3)CC1. The molecule has 8 heteroatoms. The Kier molecular flexibility index (Phi) is 7.49. The summed E-state index contributed by atoms with van der Waals surface area (Å²) < 4.78 is 6.31. The van der Waals surface area contributed by atoms with Crippen molar-refractivity contribution in [3.05, 3.63) is 53.2 Å². The Hall–Kier alpha value is -3.48. The van der Waals surface area contributed by atoms with Gasteiger partial charge in [0.2, 0.25) is 0 Å². The van der Waals surface area contributed by atoms with Gasteiger partial charge < -0.3 is 19.4 Å². The zero-order valence-electron chi connectivity index (χ0n) is 23.4. The second kappa shape index (κ2) is 11.3. The molecule has 3 aromatic rings.